The molecule has 0 N–H and O–H groups in total. The van der Waals surface area contributed by atoms with E-state index >= 15 is 0 Å². The van der Waals surface area contributed by atoms with Crippen LogP contribution in [0, 0.1) is 0 Å². The zero-order valence-corrected chi connectivity index (χ0v) is 10.9. The van der Waals surface area contributed by atoms with Gasteiger partial charge in [0.05, 0.1) is 0 Å². The number of hydrogen-bond acceptors (Lipinski definition) is 3. The smallest absolute Gasteiger partial charge is 0.199 e. The first kappa shape index (κ1) is 12.8. The maximum absolute atomic E-state index is 11.3. The molecule has 0 spiro atoms. The van der Waals surface area contributed by atoms with Crippen LogP contribution in [-0.4, -0.2) is 11.4 Å². The van der Waals surface area contributed by atoms with Gasteiger partial charge in [-0.15, -0.1) is 0 Å². The standard InChI is InChI=1S/C15H13O2S/c1-11(17)18-15(9-10-16)14-8-4-6-12-5-2-3-7-13(12)14/h2-8,15H,9H2,1H3. The van der Waals surface area contributed by atoms with Crippen molar-refractivity contribution in [2.24, 2.45) is 0 Å². The summed E-state index contributed by atoms with van der Waals surface area (Å²) in [6.45, 7) is 1.52. The van der Waals surface area contributed by atoms with Crippen molar-refractivity contribution in [3.8, 4) is 0 Å². The van der Waals surface area contributed by atoms with E-state index in [4.69, 9.17) is 0 Å². The average molecular weight is 257 g/mol. The first-order valence-corrected chi connectivity index (χ1v) is 6.60. The third-order valence-corrected chi connectivity index (χ3v) is 3.78. The summed E-state index contributed by atoms with van der Waals surface area (Å²) in [6, 6.07) is 13.9. The molecule has 0 aliphatic carbocycles. The number of thioether (sulfide) groups is 1. The lowest BCUT2D eigenvalue weighted by molar-refractivity contribution is -0.109. The van der Waals surface area contributed by atoms with Crippen molar-refractivity contribution < 1.29 is 9.59 Å². The molecule has 1 atom stereocenters. The van der Waals surface area contributed by atoms with Gasteiger partial charge in [-0.25, -0.2) is 0 Å². The molecule has 18 heavy (non-hydrogen) atoms. The summed E-state index contributed by atoms with van der Waals surface area (Å²) in [5, 5.41) is 2.08. The Hall–Kier alpha value is -1.61. The van der Waals surface area contributed by atoms with Crippen LogP contribution in [0.2, 0.25) is 0 Å². The summed E-state index contributed by atoms with van der Waals surface area (Å²) in [7, 11) is 0. The van der Waals surface area contributed by atoms with Crippen molar-refractivity contribution in [1.29, 1.82) is 0 Å². The van der Waals surface area contributed by atoms with E-state index in [1.165, 1.54) is 18.7 Å². The first-order chi connectivity index (χ1) is 8.72. The summed E-state index contributed by atoms with van der Waals surface area (Å²) in [5.74, 6) is 0. The topological polar surface area (TPSA) is 34.1 Å². The van der Waals surface area contributed by atoms with Crippen molar-refractivity contribution >= 4 is 33.9 Å². The molecule has 2 aromatic carbocycles. The van der Waals surface area contributed by atoms with E-state index in [-0.39, 0.29) is 16.8 Å². The summed E-state index contributed by atoms with van der Waals surface area (Å²) in [4.78, 5) is 21.9. The monoisotopic (exact) mass is 257 g/mol. The van der Waals surface area contributed by atoms with Gasteiger partial charge in [0.2, 0.25) is 0 Å². The van der Waals surface area contributed by atoms with E-state index in [0.29, 0.717) is 0 Å². The van der Waals surface area contributed by atoms with Crippen LogP contribution in [0.1, 0.15) is 24.2 Å². The summed E-state index contributed by atoms with van der Waals surface area (Å²) in [5.41, 5.74) is 1.02. The highest BCUT2D eigenvalue weighted by molar-refractivity contribution is 8.13. The van der Waals surface area contributed by atoms with Crippen molar-refractivity contribution in [2.45, 2.75) is 18.6 Å². The SMILES string of the molecule is CC(=O)SC(C[C]=O)c1cccc2ccccc12. The Kier molecular flexibility index (Phi) is 4.15. The molecular formula is C15H13O2S. The summed E-state index contributed by atoms with van der Waals surface area (Å²) >= 11 is 1.19. The second-order valence-corrected chi connectivity index (χ2v) is 5.39. The minimum absolute atomic E-state index is 0.0168. The fourth-order valence-corrected chi connectivity index (χ4v) is 2.91. The molecule has 0 amide bonds. The van der Waals surface area contributed by atoms with Gasteiger partial charge in [-0.3, -0.25) is 9.59 Å². The maximum Gasteiger partial charge on any atom is 0.199 e. The molecule has 1 radical (unpaired) electrons. The van der Waals surface area contributed by atoms with E-state index in [2.05, 4.69) is 0 Å². The largest absolute Gasteiger partial charge is 0.291 e. The predicted octanol–water partition coefficient (Wildman–Crippen LogP) is 3.66. The molecule has 0 aromatic heterocycles. The van der Waals surface area contributed by atoms with Gasteiger partial charge in [-0.05, 0) is 16.3 Å². The van der Waals surface area contributed by atoms with Crippen molar-refractivity contribution in [3.63, 3.8) is 0 Å². The van der Waals surface area contributed by atoms with Crippen LogP contribution in [0.4, 0.5) is 0 Å². The van der Waals surface area contributed by atoms with Gasteiger partial charge < -0.3 is 0 Å². The lowest BCUT2D eigenvalue weighted by Crippen LogP contribution is -1.99. The lowest BCUT2D eigenvalue weighted by atomic mass is 10.0. The number of rotatable bonds is 4. The summed E-state index contributed by atoms with van der Waals surface area (Å²) in [6.07, 6.45) is 2.15. The van der Waals surface area contributed by atoms with Crippen LogP contribution in [0.15, 0.2) is 42.5 Å². The highest BCUT2D eigenvalue weighted by Gasteiger charge is 2.16. The normalized spacial score (nSPS) is 12.3. The van der Waals surface area contributed by atoms with Crippen LogP contribution >= 0.6 is 11.8 Å². The molecule has 0 saturated heterocycles. The Morgan fingerprint density at radius 1 is 1.22 bits per heavy atom. The molecule has 91 valence electrons. The quantitative estimate of drug-likeness (QED) is 0.838. The predicted molar refractivity (Wildman–Crippen MR) is 75.3 cm³/mol. The molecule has 2 rings (SSSR count). The second-order valence-electron chi connectivity index (χ2n) is 4.01. The summed E-state index contributed by atoms with van der Waals surface area (Å²) < 4.78 is 0. The van der Waals surface area contributed by atoms with Gasteiger partial charge >= 0.3 is 0 Å². The third kappa shape index (κ3) is 2.79. The van der Waals surface area contributed by atoms with Gasteiger partial charge in [0.1, 0.15) is 0 Å². The molecule has 0 fully saturated rings. The van der Waals surface area contributed by atoms with E-state index in [0.717, 1.165) is 16.3 Å². The first-order valence-electron chi connectivity index (χ1n) is 5.72. The molecule has 3 heteroatoms. The van der Waals surface area contributed by atoms with E-state index in [1.807, 2.05) is 48.8 Å². The third-order valence-electron chi connectivity index (χ3n) is 2.75. The van der Waals surface area contributed by atoms with Crippen LogP contribution in [0.5, 0.6) is 0 Å². The minimum atomic E-state index is -0.147. The average Bonchev–Trinajstić information content (AvgIpc) is 2.37. The zero-order chi connectivity index (χ0) is 13.0. The molecule has 0 bridgehead atoms. The highest BCUT2D eigenvalue weighted by atomic mass is 32.2. The molecule has 2 aromatic rings. The Balaban J connectivity index is 2.49. The Bertz CT molecular complexity index is 572. The van der Waals surface area contributed by atoms with E-state index < -0.39 is 0 Å². The second kappa shape index (κ2) is 5.83. The van der Waals surface area contributed by atoms with Crippen LogP contribution < -0.4 is 0 Å². The molecule has 0 aliphatic heterocycles. The van der Waals surface area contributed by atoms with Crippen molar-refractivity contribution in [2.75, 3.05) is 0 Å². The van der Waals surface area contributed by atoms with Crippen LogP contribution in [0.25, 0.3) is 10.8 Å². The lowest BCUT2D eigenvalue weighted by Gasteiger charge is -2.14. The van der Waals surface area contributed by atoms with Crippen molar-refractivity contribution in [3.05, 3.63) is 48.0 Å². The molecule has 0 heterocycles. The Labute approximate surface area is 110 Å². The molecule has 2 nitrogen and oxygen atoms in total. The number of benzene rings is 2. The van der Waals surface area contributed by atoms with Crippen molar-refractivity contribution in [1.82, 2.24) is 0 Å². The Morgan fingerprint density at radius 3 is 2.67 bits per heavy atom. The number of carbonyl (C=O) groups is 1. The van der Waals surface area contributed by atoms with Crippen LogP contribution in [-0.2, 0) is 9.59 Å². The Morgan fingerprint density at radius 2 is 1.94 bits per heavy atom. The maximum atomic E-state index is 11.3. The van der Waals surface area contributed by atoms with E-state index in [9.17, 15) is 9.59 Å². The van der Waals surface area contributed by atoms with Gasteiger partial charge in [0.25, 0.3) is 0 Å². The highest BCUT2D eigenvalue weighted by Crippen LogP contribution is 2.36. The van der Waals surface area contributed by atoms with Gasteiger partial charge in [0, 0.05) is 18.6 Å². The van der Waals surface area contributed by atoms with Crippen LogP contribution in [0.3, 0.4) is 0 Å². The minimum Gasteiger partial charge on any atom is -0.291 e. The zero-order valence-electron chi connectivity index (χ0n) is 10.1. The fraction of sp³-hybridized carbons (Fsp3) is 0.200. The van der Waals surface area contributed by atoms with E-state index in [1.54, 1.807) is 0 Å². The number of carbonyl (C=O) groups excluding carboxylic acids is 2. The molecular weight excluding hydrogens is 244 g/mol. The number of fused-ring (bicyclic) bond motifs is 1. The fourth-order valence-electron chi connectivity index (χ4n) is 2.02. The molecule has 1 unspecified atom stereocenters. The molecule has 0 saturated carbocycles. The van der Waals surface area contributed by atoms with Gasteiger partial charge in [-0.1, -0.05) is 54.2 Å². The number of hydrogen-bond donors (Lipinski definition) is 0. The van der Waals surface area contributed by atoms with Gasteiger partial charge in [0.15, 0.2) is 11.4 Å². The van der Waals surface area contributed by atoms with Gasteiger partial charge in [-0.2, -0.15) is 0 Å². The molecule has 0 aliphatic rings.